The van der Waals surface area contributed by atoms with E-state index in [1.807, 2.05) is 31.2 Å². The molecule has 0 radical (unpaired) electrons. The largest absolute Gasteiger partial charge is 0.358 e. The van der Waals surface area contributed by atoms with E-state index >= 15 is 0 Å². The first-order valence-corrected chi connectivity index (χ1v) is 7.19. The van der Waals surface area contributed by atoms with E-state index in [0.29, 0.717) is 10.6 Å². The highest BCUT2D eigenvalue weighted by atomic mass is 35.5. The van der Waals surface area contributed by atoms with Crippen molar-refractivity contribution in [2.24, 2.45) is 5.10 Å². The lowest BCUT2D eigenvalue weighted by molar-refractivity contribution is 0.0955. The number of hydrogen-bond donors (Lipinski definition) is 2. The van der Waals surface area contributed by atoms with Crippen molar-refractivity contribution in [2.75, 3.05) is 0 Å². The summed E-state index contributed by atoms with van der Waals surface area (Å²) in [6.45, 7) is 1.97. The molecule has 4 nitrogen and oxygen atoms in total. The highest BCUT2D eigenvalue weighted by molar-refractivity contribution is 6.30. The zero-order valence-corrected chi connectivity index (χ0v) is 12.7. The number of amides is 1. The van der Waals surface area contributed by atoms with Gasteiger partial charge in [0, 0.05) is 32.7 Å². The van der Waals surface area contributed by atoms with Crippen LogP contribution in [0.15, 0.2) is 53.6 Å². The molecule has 0 aliphatic carbocycles. The number of aromatic nitrogens is 1. The Bertz CT molecular complexity index is 850. The number of fused-ring (bicyclic) bond motifs is 1. The number of carbonyl (C=O) groups excluding carboxylic acids is 1. The standard InChI is InChI=1S/C17H14ClN3O/c1-11-15(14-4-2-3-5-16(14)20-11)10-19-21-17(22)12-6-8-13(18)9-7-12/h2-10,20H,1H3,(H,21,22)/b19-10-. The molecule has 0 aliphatic heterocycles. The van der Waals surface area contributed by atoms with Crippen LogP contribution in [0.4, 0.5) is 0 Å². The van der Waals surface area contributed by atoms with Crippen LogP contribution in [0.3, 0.4) is 0 Å². The molecule has 0 aliphatic rings. The first-order valence-electron chi connectivity index (χ1n) is 6.81. The summed E-state index contributed by atoms with van der Waals surface area (Å²) in [6, 6.07) is 14.6. The van der Waals surface area contributed by atoms with Gasteiger partial charge in [-0.15, -0.1) is 0 Å². The molecule has 1 aromatic heterocycles. The topological polar surface area (TPSA) is 57.2 Å². The molecule has 0 atom stereocenters. The van der Waals surface area contributed by atoms with E-state index in [0.717, 1.165) is 22.2 Å². The number of para-hydroxylation sites is 1. The number of halogens is 1. The predicted octanol–water partition coefficient (Wildman–Crippen LogP) is 3.89. The molecule has 1 amide bonds. The van der Waals surface area contributed by atoms with Crippen molar-refractivity contribution in [1.82, 2.24) is 10.4 Å². The van der Waals surface area contributed by atoms with Gasteiger partial charge in [-0.05, 0) is 37.3 Å². The summed E-state index contributed by atoms with van der Waals surface area (Å²) in [4.78, 5) is 15.2. The predicted molar refractivity (Wildman–Crippen MR) is 89.5 cm³/mol. The third kappa shape index (κ3) is 2.87. The molecule has 2 N–H and O–H groups in total. The Labute approximate surface area is 132 Å². The van der Waals surface area contributed by atoms with Crippen molar-refractivity contribution >= 4 is 34.6 Å². The molecule has 0 saturated carbocycles. The van der Waals surface area contributed by atoms with Crippen molar-refractivity contribution < 1.29 is 4.79 Å². The van der Waals surface area contributed by atoms with E-state index < -0.39 is 0 Å². The molecule has 0 bridgehead atoms. The summed E-state index contributed by atoms with van der Waals surface area (Å²) in [5.74, 6) is -0.273. The van der Waals surface area contributed by atoms with E-state index in [1.165, 1.54) is 0 Å². The zero-order chi connectivity index (χ0) is 15.5. The summed E-state index contributed by atoms with van der Waals surface area (Å²) in [5, 5.41) is 5.71. The van der Waals surface area contributed by atoms with Gasteiger partial charge in [-0.2, -0.15) is 5.10 Å². The van der Waals surface area contributed by atoms with Crippen LogP contribution in [0.5, 0.6) is 0 Å². The van der Waals surface area contributed by atoms with Crippen LogP contribution in [0.2, 0.25) is 5.02 Å². The van der Waals surface area contributed by atoms with Crippen LogP contribution >= 0.6 is 11.6 Å². The van der Waals surface area contributed by atoms with Gasteiger partial charge in [0.1, 0.15) is 0 Å². The number of aryl methyl sites for hydroxylation is 1. The third-order valence-corrected chi connectivity index (χ3v) is 3.66. The average Bonchev–Trinajstić information content (AvgIpc) is 2.84. The maximum Gasteiger partial charge on any atom is 0.271 e. The minimum absolute atomic E-state index is 0.273. The van der Waals surface area contributed by atoms with Crippen molar-refractivity contribution in [1.29, 1.82) is 0 Å². The van der Waals surface area contributed by atoms with Gasteiger partial charge in [-0.1, -0.05) is 29.8 Å². The van der Waals surface area contributed by atoms with Crippen LogP contribution in [0, 0.1) is 6.92 Å². The Balaban J connectivity index is 1.77. The van der Waals surface area contributed by atoms with Crippen LogP contribution in [-0.4, -0.2) is 17.1 Å². The lowest BCUT2D eigenvalue weighted by Crippen LogP contribution is -2.17. The summed E-state index contributed by atoms with van der Waals surface area (Å²) in [7, 11) is 0. The maximum absolute atomic E-state index is 12.0. The fraction of sp³-hybridized carbons (Fsp3) is 0.0588. The summed E-state index contributed by atoms with van der Waals surface area (Å²) >= 11 is 5.80. The quantitative estimate of drug-likeness (QED) is 0.559. The Hall–Kier alpha value is -2.59. The second-order valence-electron chi connectivity index (χ2n) is 4.92. The second kappa shape index (κ2) is 6.03. The number of benzene rings is 2. The monoisotopic (exact) mass is 311 g/mol. The van der Waals surface area contributed by atoms with Crippen molar-refractivity contribution in [2.45, 2.75) is 6.92 Å². The van der Waals surface area contributed by atoms with Crippen LogP contribution in [0.1, 0.15) is 21.6 Å². The fourth-order valence-corrected chi connectivity index (χ4v) is 2.41. The molecule has 3 rings (SSSR count). The third-order valence-electron chi connectivity index (χ3n) is 3.41. The van der Waals surface area contributed by atoms with Gasteiger partial charge in [-0.25, -0.2) is 5.43 Å². The molecule has 2 aromatic carbocycles. The molecule has 0 spiro atoms. The van der Waals surface area contributed by atoms with Crippen molar-refractivity contribution in [3.05, 3.63) is 70.4 Å². The zero-order valence-electron chi connectivity index (χ0n) is 11.9. The number of nitrogens with one attached hydrogen (secondary N) is 2. The molecule has 0 fully saturated rings. The van der Waals surface area contributed by atoms with E-state index in [1.54, 1.807) is 30.5 Å². The lowest BCUT2D eigenvalue weighted by Gasteiger charge is -1.99. The van der Waals surface area contributed by atoms with Gasteiger partial charge in [0.2, 0.25) is 0 Å². The maximum atomic E-state index is 12.0. The Morgan fingerprint density at radius 2 is 1.91 bits per heavy atom. The van der Waals surface area contributed by atoms with Crippen LogP contribution in [0.25, 0.3) is 10.9 Å². The van der Waals surface area contributed by atoms with Crippen LogP contribution < -0.4 is 5.43 Å². The van der Waals surface area contributed by atoms with Crippen molar-refractivity contribution in [3.8, 4) is 0 Å². The molecule has 110 valence electrons. The first-order chi connectivity index (χ1) is 10.6. The lowest BCUT2D eigenvalue weighted by atomic mass is 10.1. The average molecular weight is 312 g/mol. The molecule has 22 heavy (non-hydrogen) atoms. The normalized spacial score (nSPS) is 11.2. The smallest absolute Gasteiger partial charge is 0.271 e. The second-order valence-corrected chi connectivity index (χ2v) is 5.35. The molecule has 3 aromatic rings. The van der Waals surface area contributed by atoms with Crippen molar-refractivity contribution in [3.63, 3.8) is 0 Å². The molecular formula is C17H14ClN3O. The van der Waals surface area contributed by atoms with Gasteiger partial charge >= 0.3 is 0 Å². The van der Waals surface area contributed by atoms with Crippen LogP contribution in [-0.2, 0) is 0 Å². The van der Waals surface area contributed by atoms with Gasteiger partial charge < -0.3 is 4.98 Å². The highest BCUT2D eigenvalue weighted by Gasteiger charge is 2.06. The fourth-order valence-electron chi connectivity index (χ4n) is 2.29. The SMILES string of the molecule is Cc1[nH]c2ccccc2c1/C=N\NC(=O)c1ccc(Cl)cc1. The highest BCUT2D eigenvalue weighted by Crippen LogP contribution is 2.19. The Morgan fingerprint density at radius 1 is 1.18 bits per heavy atom. The first kappa shape index (κ1) is 14.4. The number of hydrazone groups is 1. The number of hydrogen-bond acceptors (Lipinski definition) is 2. The number of carbonyl (C=O) groups is 1. The summed E-state index contributed by atoms with van der Waals surface area (Å²) in [6.07, 6.45) is 1.65. The van der Waals surface area contributed by atoms with E-state index in [-0.39, 0.29) is 5.91 Å². The summed E-state index contributed by atoms with van der Waals surface area (Å²) in [5.41, 5.74) is 6.05. The van der Waals surface area contributed by atoms with E-state index in [9.17, 15) is 4.79 Å². The molecular weight excluding hydrogens is 298 g/mol. The molecule has 1 heterocycles. The van der Waals surface area contributed by atoms with Gasteiger partial charge in [0.25, 0.3) is 5.91 Å². The molecule has 0 saturated heterocycles. The minimum atomic E-state index is -0.273. The minimum Gasteiger partial charge on any atom is -0.358 e. The Kier molecular flexibility index (Phi) is 3.94. The van der Waals surface area contributed by atoms with Gasteiger partial charge in [-0.3, -0.25) is 4.79 Å². The van der Waals surface area contributed by atoms with E-state index in [2.05, 4.69) is 15.5 Å². The van der Waals surface area contributed by atoms with Gasteiger partial charge in [0.05, 0.1) is 6.21 Å². The van der Waals surface area contributed by atoms with Gasteiger partial charge in [0.15, 0.2) is 0 Å². The number of rotatable bonds is 3. The number of nitrogens with zero attached hydrogens (tertiary/aromatic N) is 1. The molecule has 0 unspecified atom stereocenters. The molecule has 5 heteroatoms. The Morgan fingerprint density at radius 3 is 2.68 bits per heavy atom. The number of aromatic amines is 1. The number of H-pyrrole nitrogens is 1. The van der Waals surface area contributed by atoms with E-state index in [4.69, 9.17) is 11.6 Å². The summed E-state index contributed by atoms with van der Waals surface area (Å²) < 4.78 is 0.